The first-order valence-corrected chi connectivity index (χ1v) is 7.42. The third-order valence-electron chi connectivity index (χ3n) is 4.17. The van der Waals surface area contributed by atoms with Crippen molar-refractivity contribution in [2.24, 2.45) is 5.92 Å². The summed E-state index contributed by atoms with van der Waals surface area (Å²) in [7, 11) is 3.98. The Bertz CT molecular complexity index is 372. The van der Waals surface area contributed by atoms with Gasteiger partial charge in [0.05, 0.1) is 5.92 Å². The van der Waals surface area contributed by atoms with Gasteiger partial charge in [-0.05, 0) is 21.0 Å². The zero-order valence-electron chi connectivity index (χ0n) is 12.8. The van der Waals surface area contributed by atoms with E-state index in [9.17, 15) is 9.59 Å². The lowest BCUT2D eigenvalue weighted by atomic mass is 10.1. The average Bonchev–Trinajstić information content (AvgIpc) is 2.77. The molecular formula is C14H26N4O2. The van der Waals surface area contributed by atoms with E-state index in [0.717, 1.165) is 26.2 Å². The van der Waals surface area contributed by atoms with Crippen LogP contribution in [0, 0.1) is 5.92 Å². The summed E-state index contributed by atoms with van der Waals surface area (Å²) >= 11 is 0. The van der Waals surface area contributed by atoms with E-state index in [4.69, 9.17) is 0 Å². The second-order valence-electron chi connectivity index (χ2n) is 6.13. The average molecular weight is 282 g/mol. The van der Waals surface area contributed by atoms with Gasteiger partial charge in [0.1, 0.15) is 0 Å². The third-order valence-corrected chi connectivity index (χ3v) is 4.17. The number of nitrogens with one attached hydrogen (secondary N) is 1. The quantitative estimate of drug-likeness (QED) is 0.735. The van der Waals surface area contributed by atoms with Crippen LogP contribution in [0.25, 0.3) is 0 Å². The molecule has 2 atom stereocenters. The summed E-state index contributed by atoms with van der Waals surface area (Å²) in [5.74, 6) is 0.123. The number of hydrogen-bond acceptors (Lipinski definition) is 4. The molecule has 0 saturated carbocycles. The van der Waals surface area contributed by atoms with E-state index in [1.54, 1.807) is 0 Å². The molecule has 0 bridgehead atoms. The highest BCUT2D eigenvalue weighted by molar-refractivity contribution is 5.89. The van der Waals surface area contributed by atoms with Gasteiger partial charge in [0.15, 0.2) is 0 Å². The van der Waals surface area contributed by atoms with Gasteiger partial charge in [-0.15, -0.1) is 0 Å². The molecule has 0 radical (unpaired) electrons. The van der Waals surface area contributed by atoms with Gasteiger partial charge in [-0.3, -0.25) is 9.59 Å². The fraction of sp³-hybridized carbons (Fsp3) is 0.857. The van der Waals surface area contributed by atoms with E-state index in [1.165, 1.54) is 0 Å². The van der Waals surface area contributed by atoms with Crippen LogP contribution in [0.5, 0.6) is 0 Å². The molecule has 0 aromatic rings. The first-order chi connectivity index (χ1) is 9.49. The van der Waals surface area contributed by atoms with Crippen molar-refractivity contribution in [3.8, 4) is 0 Å². The number of hydrogen-bond donors (Lipinski definition) is 1. The van der Waals surface area contributed by atoms with Gasteiger partial charge < -0.3 is 20.0 Å². The molecule has 2 amide bonds. The molecule has 114 valence electrons. The zero-order valence-corrected chi connectivity index (χ0v) is 12.8. The number of likely N-dealkylation sites (N-methyl/N-ethyl adjacent to an activating group) is 1. The molecule has 0 aromatic heterocycles. The van der Waals surface area contributed by atoms with Gasteiger partial charge in [-0.25, -0.2) is 0 Å². The van der Waals surface area contributed by atoms with Crippen molar-refractivity contribution in [3.63, 3.8) is 0 Å². The number of likely N-dealkylation sites (tertiary alicyclic amines) is 1. The summed E-state index contributed by atoms with van der Waals surface area (Å²) in [5.41, 5.74) is 0. The highest BCUT2D eigenvalue weighted by atomic mass is 16.2. The Morgan fingerprint density at radius 3 is 2.85 bits per heavy atom. The van der Waals surface area contributed by atoms with Crippen LogP contribution in [0.1, 0.15) is 13.3 Å². The summed E-state index contributed by atoms with van der Waals surface area (Å²) in [6.45, 7) is 6.65. The molecule has 6 heteroatoms. The van der Waals surface area contributed by atoms with Crippen molar-refractivity contribution >= 4 is 11.8 Å². The van der Waals surface area contributed by atoms with Gasteiger partial charge >= 0.3 is 0 Å². The monoisotopic (exact) mass is 282 g/mol. The predicted octanol–water partition coefficient (Wildman–Crippen LogP) is -0.783. The second kappa shape index (κ2) is 6.54. The van der Waals surface area contributed by atoms with Gasteiger partial charge in [0, 0.05) is 51.7 Å². The molecule has 2 aliphatic rings. The lowest BCUT2D eigenvalue weighted by molar-refractivity contribution is -0.138. The summed E-state index contributed by atoms with van der Waals surface area (Å²) in [4.78, 5) is 30.4. The number of carbonyl (C=O) groups excluding carboxylic acids is 2. The Balaban J connectivity index is 1.90. The lowest BCUT2D eigenvalue weighted by Gasteiger charge is -2.35. The number of amides is 2. The van der Waals surface area contributed by atoms with E-state index in [2.05, 4.69) is 17.1 Å². The van der Waals surface area contributed by atoms with Crippen molar-refractivity contribution in [1.29, 1.82) is 0 Å². The van der Waals surface area contributed by atoms with Crippen LogP contribution in [0.3, 0.4) is 0 Å². The van der Waals surface area contributed by atoms with E-state index >= 15 is 0 Å². The first kappa shape index (κ1) is 15.3. The molecule has 2 aliphatic heterocycles. The summed E-state index contributed by atoms with van der Waals surface area (Å²) in [6.07, 6.45) is 0.378. The van der Waals surface area contributed by atoms with Crippen LogP contribution in [-0.4, -0.2) is 85.9 Å². The smallest absolute Gasteiger partial charge is 0.228 e. The number of carbonyl (C=O) groups is 2. The summed E-state index contributed by atoms with van der Waals surface area (Å²) < 4.78 is 0. The Labute approximate surface area is 121 Å². The molecule has 2 rings (SSSR count). The van der Waals surface area contributed by atoms with Crippen LogP contribution < -0.4 is 5.32 Å². The molecule has 2 heterocycles. The molecule has 1 N–H and O–H groups in total. The Kier molecular flexibility index (Phi) is 4.99. The predicted molar refractivity (Wildman–Crippen MR) is 77.3 cm³/mol. The topological polar surface area (TPSA) is 55.9 Å². The fourth-order valence-corrected chi connectivity index (χ4v) is 2.88. The van der Waals surface area contributed by atoms with Crippen LogP contribution in [0.2, 0.25) is 0 Å². The van der Waals surface area contributed by atoms with Crippen molar-refractivity contribution in [3.05, 3.63) is 0 Å². The van der Waals surface area contributed by atoms with Crippen molar-refractivity contribution in [2.75, 3.05) is 53.4 Å². The molecular weight excluding hydrogens is 256 g/mol. The minimum absolute atomic E-state index is 0.119. The van der Waals surface area contributed by atoms with E-state index in [-0.39, 0.29) is 23.8 Å². The maximum atomic E-state index is 12.5. The summed E-state index contributed by atoms with van der Waals surface area (Å²) in [6, 6.07) is 0.224. The third kappa shape index (κ3) is 3.49. The Morgan fingerprint density at radius 2 is 2.20 bits per heavy atom. The van der Waals surface area contributed by atoms with Gasteiger partial charge in [0.25, 0.3) is 0 Å². The normalized spacial score (nSPS) is 27.5. The van der Waals surface area contributed by atoms with Crippen LogP contribution in [0.4, 0.5) is 0 Å². The molecule has 20 heavy (non-hydrogen) atoms. The number of nitrogens with zero attached hydrogens (tertiary/aromatic N) is 3. The molecule has 2 saturated heterocycles. The molecule has 1 unspecified atom stereocenters. The van der Waals surface area contributed by atoms with E-state index in [1.807, 2.05) is 23.9 Å². The molecule has 0 spiro atoms. The minimum atomic E-state index is -0.148. The Hall–Kier alpha value is -1.14. The number of piperazine rings is 1. The van der Waals surface area contributed by atoms with Crippen molar-refractivity contribution in [2.45, 2.75) is 19.4 Å². The molecule has 0 aromatic carbocycles. The Morgan fingerprint density at radius 1 is 1.45 bits per heavy atom. The van der Waals surface area contributed by atoms with Gasteiger partial charge in [-0.2, -0.15) is 0 Å². The second-order valence-corrected chi connectivity index (χ2v) is 6.13. The van der Waals surface area contributed by atoms with Crippen molar-refractivity contribution in [1.82, 2.24) is 20.0 Å². The molecule has 6 nitrogen and oxygen atoms in total. The lowest BCUT2D eigenvalue weighted by Crippen LogP contribution is -2.54. The van der Waals surface area contributed by atoms with E-state index in [0.29, 0.717) is 19.5 Å². The van der Waals surface area contributed by atoms with E-state index < -0.39 is 0 Å². The first-order valence-electron chi connectivity index (χ1n) is 7.42. The summed E-state index contributed by atoms with van der Waals surface area (Å²) in [5, 5.41) is 3.28. The van der Waals surface area contributed by atoms with Crippen LogP contribution in [-0.2, 0) is 9.59 Å². The van der Waals surface area contributed by atoms with Gasteiger partial charge in [-0.1, -0.05) is 0 Å². The van der Waals surface area contributed by atoms with Crippen LogP contribution in [0.15, 0.2) is 0 Å². The standard InChI is InChI=1S/C14H26N4O2/c1-11-9-15-4-5-18(11)14(20)12-8-13(19)17(10-12)7-6-16(2)3/h11-12,15H,4-10H2,1-3H3/t11-,12?/m1/s1. The molecule has 2 fully saturated rings. The maximum Gasteiger partial charge on any atom is 0.228 e. The van der Waals surface area contributed by atoms with Gasteiger partial charge in [0.2, 0.25) is 11.8 Å². The maximum absolute atomic E-state index is 12.5. The highest BCUT2D eigenvalue weighted by Gasteiger charge is 2.37. The highest BCUT2D eigenvalue weighted by Crippen LogP contribution is 2.21. The number of rotatable bonds is 4. The molecule has 0 aliphatic carbocycles. The SMILES string of the molecule is C[C@@H]1CNCCN1C(=O)C1CC(=O)N(CCN(C)C)C1. The minimum Gasteiger partial charge on any atom is -0.341 e. The zero-order chi connectivity index (χ0) is 14.7. The largest absolute Gasteiger partial charge is 0.341 e. The van der Waals surface area contributed by atoms with Crippen LogP contribution >= 0.6 is 0 Å². The fourth-order valence-electron chi connectivity index (χ4n) is 2.88. The van der Waals surface area contributed by atoms with Crippen molar-refractivity contribution < 1.29 is 9.59 Å².